The minimum Gasteiger partial charge on any atom is -0.475 e. The van der Waals surface area contributed by atoms with E-state index in [1.165, 1.54) is 0 Å². The summed E-state index contributed by atoms with van der Waals surface area (Å²) in [4.78, 5) is 22.4. The SMILES string of the molecule is Cc1cc(NC(=O)c2cc(C(=O)O)on2)ccc1Br. The molecule has 0 fully saturated rings. The van der Waals surface area contributed by atoms with Crippen LogP contribution >= 0.6 is 15.9 Å². The molecule has 0 aliphatic heterocycles. The van der Waals surface area contributed by atoms with Gasteiger partial charge in [0.05, 0.1) is 0 Å². The van der Waals surface area contributed by atoms with Crippen molar-refractivity contribution in [3.05, 3.63) is 45.8 Å². The van der Waals surface area contributed by atoms with Gasteiger partial charge in [0, 0.05) is 16.2 Å². The lowest BCUT2D eigenvalue weighted by atomic mass is 10.2. The molecule has 0 aliphatic rings. The third-order valence-electron chi connectivity index (χ3n) is 2.37. The van der Waals surface area contributed by atoms with E-state index in [2.05, 4.69) is 30.9 Å². The molecule has 1 amide bonds. The molecule has 2 N–H and O–H groups in total. The first-order valence-corrected chi connectivity index (χ1v) is 6.04. The topological polar surface area (TPSA) is 92.4 Å². The van der Waals surface area contributed by atoms with Crippen molar-refractivity contribution in [2.75, 3.05) is 5.32 Å². The number of anilines is 1. The van der Waals surface area contributed by atoms with Crippen LogP contribution in [0.3, 0.4) is 0 Å². The first kappa shape index (κ1) is 13.3. The predicted molar refractivity (Wildman–Crippen MR) is 70.3 cm³/mol. The lowest BCUT2D eigenvalue weighted by Gasteiger charge is -2.05. The Morgan fingerprint density at radius 1 is 1.37 bits per heavy atom. The van der Waals surface area contributed by atoms with Gasteiger partial charge in [-0.3, -0.25) is 4.79 Å². The van der Waals surface area contributed by atoms with E-state index in [0.717, 1.165) is 16.1 Å². The van der Waals surface area contributed by atoms with E-state index in [9.17, 15) is 9.59 Å². The van der Waals surface area contributed by atoms with Crippen molar-refractivity contribution in [1.29, 1.82) is 0 Å². The highest BCUT2D eigenvalue weighted by molar-refractivity contribution is 9.10. The number of amides is 1. The number of carboxylic acid groups (broad SMARTS) is 1. The van der Waals surface area contributed by atoms with Crippen LogP contribution in [0.5, 0.6) is 0 Å². The molecule has 0 spiro atoms. The second-order valence-corrected chi connectivity index (χ2v) is 4.65. The molecular weight excluding hydrogens is 316 g/mol. The van der Waals surface area contributed by atoms with Crippen LogP contribution in [0.15, 0.2) is 33.3 Å². The Morgan fingerprint density at radius 2 is 2.11 bits per heavy atom. The highest BCUT2D eigenvalue weighted by Gasteiger charge is 2.16. The molecule has 6 nitrogen and oxygen atoms in total. The Morgan fingerprint density at radius 3 is 2.68 bits per heavy atom. The first-order chi connectivity index (χ1) is 8.97. The first-order valence-electron chi connectivity index (χ1n) is 5.25. The Balaban J connectivity index is 2.15. The number of carbonyl (C=O) groups is 2. The summed E-state index contributed by atoms with van der Waals surface area (Å²) >= 11 is 3.35. The second-order valence-electron chi connectivity index (χ2n) is 3.80. The molecule has 0 bridgehead atoms. The Hall–Kier alpha value is -2.15. The Bertz CT molecular complexity index is 651. The van der Waals surface area contributed by atoms with Crippen molar-refractivity contribution >= 4 is 33.5 Å². The summed E-state index contributed by atoms with van der Waals surface area (Å²) in [7, 11) is 0. The van der Waals surface area contributed by atoms with Crippen molar-refractivity contribution in [1.82, 2.24) is 5.16 Å². The van der Waals surface area contributed by atoms with Crippen molar-refractivity contribution < 1.29 is 19.2 Å². The number of nitrogens with zero attached hydrogens (tertiary/aromatic N) is 1. The van der Waals surface area contributed by atoms with Gasteiger partial charge in [-0.15, -0.1) is 0 Å². The van der Waals surface area contributed by atoms with Gasteiger partial charge >= 0.3 is 5.97 Å². The molecule has 0 saturated carbocycles. The maximum atomic E-state index is 11.8. The fourth-order valence-electron chi connectivity index (χ4n) is 1.40. The normalized spacial score (nSPS) is 10.2. The number of aromatic nitrogens is 1. The number of aromatic carboxylic acids is 1. The number of rotatable bonds is 3. The van der Waals surface area contributed by atoms with Gasteiger partial charge in [-0.25, -0.2) is 4.79 Å². The third kappa shape index (κ3) is 3.00. The molecule has 7 heteroatoms. The average molecular weight is 325 g/mol. The molecule has 19 heavy (non-hydrogen) atoms. The van der Waals surface area contributed by atoms with Gasteiger partial charge < -0.3 is 14.9 Å². The van der Waals surface area contributed by atoms with Crippen LogP contribution in [0.2, 0.25) is 0 Å². The number of hydrogen-bond acceptors (Lipinski definition) is 4. The Kier molecular flexibility index (Phi) is 3.66. The molecule has 0 atom stereocenters. The fourth-order valence-corrected chi connectivity index (χ4v) is 1.65. The maximum Gasteiger partial charge on any atom is 0.374 e. The zero-order valence-electron chi connectivity index (χ0n) is 9.81. The summed E-state index contributed by atoms with van der Waals surface area (Å²) in [5.74, 6) is -2.18. The maximum absolute atomic E-state index is 11.8. The molecule has 2 rings (SSSR count). The molecule has 1 heterocycles. The number of nitrogens with one attached hydrogen (secondary N) is 1. The molecule has 1 aromatic carbocycles. The summed E-state index contributed by atoms with van der Waals surface area (Å²) in [6.45, 7) is 1.89. The van der Waals surface area contributed by atoms with Crippen LogP contribution < -0.4 is 5.32 Å². The molecule has 2 aromatic rings. The molecule has 0 saturated heterocycles. The predicted octanol–water partition coefficient (Wildman–Crippen LogP) is 2.70. The lowest BCUT2D eigenvalue weighted by Crippen LogP contribution is -2.12. The molecular formula is C12H9BrN2O4. The number of carboxylic acids is 1. The lowest BCUT2D eigenvalue weighted by molar-refractivity contribution is 0.0651. The van der Waals surface area contributed by atoms with Gasteiger partial charge in [0.25, 0.3) is 5.91 Å². The fraction of sp³-hybridized carbons (Fsp3) is 0.0833. The minimum absolute atomic E-state index is 0.0852. The molecule has 0 unspecified atom stereocenters. The van der Waals surface area contributed by atoms with Crippen molar-refractivity contribution in [3.8, 4) is 0 Å². The van der Waals surface area contributed by atoms with Gasteiger partial charge in [0.1, 0.15) is 0 Å². The highest BCUT2D eigenvalue weighted by atomic mass is 79.9. The number of aryl methyl sites for hydroxylation is 1. The van der Waals surface area contributed by atoms with Crippen LogP contribution in [-0.4, -0.2) is 22.1 Å². The van der Waals surface area contributed by atoms with Gasteiger partial charge in [0.2, 0.25) is 5.76 Å². The van der Waals surface area contributed by atoms with E-state index in [1.807, 2.05) is 6.92 Å². The smallest absolute Gasteiger partial charge is 0.374 e. The van der Waals surface area contributed by atoms with Gasteiger partial charge in [0.15, 0.2) is 5.69 Å². The van der Waals surface area contributed by atoms with E-state index in [-0.39, 0.29) is 11.5 Å². The molecule has 0 radical (unpaired) electrons. The number of benzene rings is 1. The third-order valence-corrected chi connectivity index (χ3v) is 3.26. The highest BCUT2D eigenvalue weighted by Crippen LogP contribution is 2.20. The standard InChI is InChI=1S/C12H9BrN2O4/c1-6-4-7(2-3-8(6)13)14-11(16)9-5-10(12(17)18)19-15-9/h2-5H,1H3,(H,14,16)(H,17,18). The van der Waals surface area contributed by atoms with Gasteiger partial charge in [-0.05, 0) is 30.7 Å². The molecule has 98 valence electrons. The second kappa shape index (κ2) is 5.23. The van der Waals surface area contributed by atoms with E-state index < -0.39 is 11.9 Å². The number of halogens is 1. The zero-order chi connectivity index (χ0) is 14.0. The summed E-state index contributed by atoms with van der Waals surface area (Å²) in [5.41, 5.74) is 1.47. The number of hydrogen-bond donors (Lipinski definition) is 2. The number of carbonyl (C=O) groups excluding carboxylic acids is 1. The largest absolute Gasteiger partial charge is 0.475 e. The van der Waals surface area contributed by atoms with Crippen LogP contribution in [0, 0.1) is 6.92 Å². The van der Waals surface area contributed by atoms with E-state index in [0.29, 0.717) is 5.69 Å². The van der Waals surface area contributed by atoms with Crippen molar-refractivity contribution in [2.24, 2.45) is 0 Å². The average Bonchev–Trinajstić information content (AvgIpc) is 2.83. The summed E-state index contributed by atoms with van der Waals surface area (Å²) in [6.07, 6.45) is 0. The quantitative estimate of drug-likeness (QED) is 0.905. The Labute approximate surface area is 116 Å². The van der Waals surface area contributed by atoms with Gasteiger partial charge in [-0.1, -0.05) is 21.1 Å². The van der Waals surface area contributed by atoms with Crippen molar-refractivity contribution in [3.63, 3.8) is 0 Å². The van der Waals surface area contributed by atoms with Gasteiger partial charge in [-0.2, -0.15) is 0 Å². The van der Waals surface area contributed by atoms with Crippen molar-refractivity contribution in [2.45, 2.75) is 6.92 Å². The minimum atomic E-state index is -1.27. The van der Waals surface area contributed by atoms with E-state index in [1.54, 1.807) is 18.2 Å². The summed E-state index contributed by atoms with van der Waals surface area (Å²) in [6, 6.07) is 6.37. The van der Waals surface area contributed by atoms with Crippen LogP contribution in [-0.2, 0) is 0 Å². The van der Waals surface area contributed by atoms with Crippen LogP contribution in [0.1, 0.15) is 26.6 Å². The molecule has 1 aromatic heterocycles. The summed E-state index contributed by atoms with van der Waals surface area (Å²) in [5, 5.41) is 14.7. The van der Waals surface area contributed by atoms with E-state index >= 15 is 0 Å². The molecule has 0 aliphatic carbocycles. The van der Waals surface area contributed by atoms with E-state index in [4.69, 9.17) is 5.11 Å². The monoisotopic (exact) mass is 324 g/mol. The zero-order valence-corrected chi connectivity index (χ0v) is 11.4. The van der Waals surface area contributed by atoms with Crippen LogP contribution in [0.4, 0.5) is 5.69 Å². The summed E-state index contributed by atoms with van der Waals surface area (Å²) < 4.78 is 5.44. The van der Waals surface area contributed by atoms with Crippen LogP contribution in [0.25, 0.3) is 0 Å².